The molecule has 1 aromatic rings. The van der Waals surface area contributed by atoms with Crippen LogP contribution in [0.3, 0.4) is 0 Å². The molecule has 2 N–H and O–H groups in total. The third-order valence-electron chi connectivity index (χ3n) is 2.59. The summed E-state index contributed by atoms with van der Waals surface area (Å²) in [6.07, 6.45) is 0.769. The molecule has 0 heterocycles. The van der Waals surface area contributed by atoms with Crippen molar-refractivity contribution in [2.45, 2.75) is 26.3 Å². The van der Waals surface area contributed by atoms with Gasteiger partial charge in [0.1, 0.15) is 0 Å². The molecule has 1 aromatic carbocycles. The van der Waals surface area contributed by atoms with Gasteiger partial charge in [-0.2, -0.15) is 0 Å². The molecule has 0 aliphatic heterocycles. The molecule has 0 saturated heterocycles. The molecule has 4 heteroatoms. The highest BCUT2D eigenvalue weighted by Crippen LogP contribution is 2.26. The number of aliphatic hydroxyl groups excluding tert-OH is 1. The van der Waals surface area contributed by atoms with Crippen molar-refractivity contribution < 1.29 is 14.6 Å². The van der Waals surface area contributed by atoms with Crippen LogP contribution in [0, 0.1) is 0 Å². The zero-order valence-electron chi connectivity index (χ0n) is 11.2. The van der Waals surface area contributed by atoms with Crippen LogP contribution in [0.4, 0.5) is 0 Å². The lowest BCUT2D eigenvalue weighted by Crippen LogP contribution is -2.33. The highest BCUT2D eigenvalue weighted by molar-refractivity contribution is 5.39. The van der Waals surface area contributed by atoms with Crippen LogP contribution in [0.5, 0.6) is 11.5 Å². The van der Waals surface area contributed by atoms with Crippen molar-refractivity contribution in [1.29, 1.82) is 0 Å². The van der Waals surface area contributed by atoms with Gasteiger partial charge in [-0.15, -0.1) is 0 Å². The number of likely N-dealkylation sites (N-methyl/N-ethyl adjacent to an activating group) is 1. The SMILES string of the molecule is CCNC(CO)CCOc1ccccc1OCC. The molecule has 0 saturated carbocycles. The zero-order chi connectivity index (χ0) is 13.2. The summed E-state index contributed by atoms with van der Waals surface area (Å²) >= 11 is 0. The Morgan fingerprint density at radius 3 is 2.39 bits per heavy atom. The number of hydrogen-bond donors (Lipinski definition) is 2. The van der Waals surface area contributed by atoms with Crippen molar-refractivity contribution in [1.82, 2.24) is 5.32 Å². The van der Waals surface area contributed by atoms with Gasteiger partial charge in [0.05, 0.1) is 19.8 Å². The molecule has 4 nitrogen and oxygen atoms in total. The Balaban J connectivity index is 2.42. The Hall–Kier alpha value is -1.26. The molecule has 0 spiro atoms. The molecule has 0 radical (unpaired) electrons. The van der Waals surface area contributed by atoms with Crippen molar-refractivity contribution in [2.24, 2.45) is 0 Å². The van der Waals surface area contributed by atoms with Crippen LogP contribution >= 0.6 is 0 Å². The minimum atomic E-state index is 0.0919. The molecule has 0 aliphatic carbocycles. The van der Waals surface area contributed by atoms with Crippen LogP contribution in [-0.4, -0.2) is 37.5 Å². The molecule has 0 aliphatic rings. The number of nitrogens with one attached hydrogen (secondary N) is 1. The first kappa shape index (κ1) is 14.8. The largest absolute Gasteiger partial charge is 0.490 e. The van der Waals surface area contributed by atoms with E-state index in [0.717, 1.165) is 24.5 Å². The van der Waals surface area contributed by atoms with Gasteiger partial charge in [-0.3, -0.25) is 0 Å². The number of para-hydroxylation sites is 2. The first-order valence-corrected chi connectivity index (χ1v) is 6.50. The quantitative estimate of drug-likeness (QED) is 0.705. The van der Waals surface area contributed by atoms with Crippen LogP contribution in [-0.2, 0) is 0 Å². The first-order valence-electron chi connectivity index (χ1n) is 6.50. The second kappa shape index (κ2) is 8.78. The van der Waals surface area contributed by atoms with E-state index in [1.807, 2.05) is 38.1 Å². The summed E-state index contributed by atoms with van der Waals surface area (Å²) in [5.41, 5.74) is 0. The highest BCUT2D eigenvalue weighted by atomic mass is 16.5. The molecule has 18 heavy (non-hydrogen) atoms. The van der Waals surface area contributed by atoms with Crippen LogP contribution in [0.2, 0.25) is 0 Å². The summed E-state index contributed by atoms with van der Waals surface area (Å²) in [7, 11) is 0. The molecule has 102 valence electrons. The van der Waals surface area contributed by atoms with Crippen LogP contribution in [0.1, 0.15) is 20.3 Å². The van der Waals surface area contributed by atoms with Crippen LogP contribution in [0.15, 0.2) is 24.3 Å². The van der Waals surface area contributed by atoms with E-state index in [1.54, 1.807) is 0 Å². The van der Waals surface area contributed by atoms with Gasteiger partial charge >= 0.3 is 0 Å². The van der Waals surface area contributed by atoms with E-state index in [2.05, 4.69) is 5.32 Å². The Labute approximate surface area is 109 Å². The molecular formula is C14H23NO3. The van der Waals surface area contributed by atoms with Gasteiger partial charge in [0.25, 0.3) is 0 Å². The van der Waals surface area contributed by atoms with Gasteiger partial charge < -0.3 is 19.9 Å². The van der Waals surface area contributed by atoms with Gasteiger partial charge in [-0.25, -0.2) is 0 Å². The van der Waals surface area contributed by atoms with Gasteiger partial charge in [0.15, 0.2) is 11.5 Å². The molecule has 1 unspecified atom stereocenters. The van der Waals surface area contributed by atoms with E-state index in [0.29, 0.717) is 13.2 Å². The second-order valence-electron chi connectivity index (χ2n) is 3.95. The average Bonchev–Trinajstić information content (AvgIpc) is 2.40. The van der Waals surface area contributed by atoms with Crippen molar-refractivity contribution in [3.8, 4) is 11.5 Å². The third-order valence-corrected chi connectivity index (χ3v) is 2.59. The fraction of sp³-hybridized carbons (Fsp3) is 0.571. The minimum absolute atomic E-state index is 0.0919. The summed E-state index contributed by atoms with van der Waals surface area (Å²) in [6.45, 7) is 6.13. The molecule has 0 aromatic heterocycles. The predicted molar refractivity (Wildman–Crippen MR) is 72.3 cm³/mol. The Morgan fingerprint density at radius 1 is 1.17 bits per heavy atom. The summed E-state index contributed by atoms with van der Waals surface area (Å²) in [6, 6.07) is 7.73. The number of aliphatic hydroxyl groups is 1. The lowest BCUT2D eigenvalue weighted by molar-refractivity contribution is 0.206. The predicted octanol–water partition coefficient (Wildman–Crippen LogP) is 1.82. The van der Waals surface area contributed by atoms with Gasteiger partial charge in [0, 0.05) is 6.04 Å². The maximum atomic E-state index is 9.15. The van der Waals surface area contributed by atoms with E-state index >= 15 is 0 Å². The lowest BCUT2D eigenvalue weighted by atomic mass is 10.2. The Kier molecular flexibility index (Phi) is 7.22. The summed E-state index contributed by atoms with van der Waals surface area (Å²) in [5.74, 6) is 1.52. The lowest BCUT2D eigenvalue weighted by Gasteiger charge is -2.16. The van der Waals surface area contributed by atoms with Crippen LogP contribution in [0.25, 0.3) is 0 Å². The summed E-state index contributed by atoms with van der Waals surface area (Å²) in [4.78, 5) is 0. The number of rotatable bonds is 9. The Bertz CT molecular complexity index is 331. The second-order valence-corrected chi connectivity index (χ2v) is 3.95. The normalized spacial score (nSPS) is 12.2. The Morgan fingerprint density at radius 2 is 1.83 bits per heavy atom. The number of ether oxygens (including phenoxy) is 2. The molecule has 1 rings (SSSR count). The van der Waals surface area contributed by atoms with E-state index in [4.69, 9.17) is 14.6 Å². The van der Waals surface area contributed by atoms with Crippen molar-refractivity contribution in [3.05, 3.63) is 24.3 Å². The zero-order valence-corrected chi connectivity index (χ0v) is 11.2. The van der Waals surface area contributed by atoms with E-state index in [1.165, 1.54) is 0 Å². The van der Waals surface area contributed by atoms with E-state index in [-0.39, 0.29) is 12.6 Å². The molecule has 0 bridgehead atoms. The topological polar surface area (TPSA) is 50.7 Å². The van der Waals surface area contributed by atoms with Crippen LogP contribution < -0.4 is 14.8 Å². The van der Waals surface area contributed by atoms with E-state index < -0.39 is 0 Å². The third kappa shape index (κ3) is 4.94. The first-order chi connectivity index (χ1) is 8.81. The van der Waals surface area contributed by atoms with Gasteiger partial charge in [-0.1, -0.05) is 19.1 Å². The van der Waals surface area contributed by atoms with Crippen molar-refractivity contribution >= 4 is 0 Å². The number of hydrogen-bond acceptors (Lipinski definition) is 4. The minimum Gasteiger partial charge on any atom is -0.490 e. The fourth-order valence-electron chi connectivity index (χ4n) is 1.70. The average molecular weight is 253 g/mol. The fourth-order valence-corrected chi connectivity index (χ4v) is 1.70. The molecule has 0 amide bonds. The maximum Gasteiger partial charge on any atom is 0.161 e. The molecular weight excluding hydrogens is 230 g/mol. The monoisotopic (exact) mass is 253 g/mol. The number of benzene rings is 1. The molecule has 1 atom stereocenters. The van der Waals surface area contributed by atoms with Crippen molar-refractivity contribution in [2.75, 3.05) is 26.4 Å². The van der Waals surface area contributed by atoms with E-state index in [9.17, 15) is 0 Å². The summed E-state index contributed by atoms with van der Waals surface area (Å²) in [5, 5.41) is 12.3. The van der Waals surface area contributed by atoms with Crippen molar-refractivity contribution in [3.63, 3.8) is 0 Å². The summed E-state index contributed by atoms with van der Waals surface area (Å²) < 4.78 is 11.2. The smallest absolute Gasteiger partial charge is 0.161 e. The van der Waals surface area contributed by atoms with Gasteiger partial charge in [-0.05, 0) is 32.0 Å². The molecule has 0 fully saturated rings. The highest BCUT2D eigenvalue weighted by Gasteiger charge is 2.07. The standard InChI is InChI=1S/C14H23NO3/c1-3-15-12(11-16)9-10-18-14-8-6-5-7-13(14)17-4-2/h5-8,12,15-16H,3-4,9-11H2,1-2H3. The van der Waals surface area contributed by atoms with Gasteiger partial charge in [0.2, 0.25) is 0 Å². The maximum absolute atomic E-state index is 9.15.